The quantitative estimate of drug-likeness (QED) is 0.137. The highest BCUT2D eigenvalue weighted by molar-refractivity contribution is 6.05. The second-order valence-corrected chi connectivity index (χ2v) is 9.01. The minimum absolute atomic E-state index is 0.278. The smallest absolute Gasteiger partial charge is 0.347 e. The van der Waals surface area contributed by atoms with Gasteiger partial charge in [0.25, 0.3) is 0 Å². The lowest BCUT2D eigenvalue weighted by Gasteiger charge is -2.01. The zero-order valence-corrected chi connectivity index (χ0v) is 19.9. The molecular weight excluding hydrogens is 416 g/mol. The summed E-state index contributed by atoms with van der Waals surface area (Å²) in [5.74, 6) is 0.0408. The second-order valence-electron chi connectivity index (χ2n) is 9.01. The molecule has 0 atom stereocenters. The van der Waals surface area contributed by atoms with Crippen molar-refractivity contribution in [1.82, 2.24) is 0 Å². The zero-order valence-electron chi connectivity index (χ0n) is 19.9. The molecule has 2 N–H and O–H groups in total. The molecule has 0 amide bonds. The molecule has 0 saturated heterocycles. The Balaban J connectivity index is 1.33. The van der Waals surface area contributed by atoms with Gasteiger partial charge in [-0.05, 0) is 38.2 Å². The number of fused-ring (bicyclic) bond motifs is 3. The first-order chi connectivity index (χ1) is 16.1. The van der Waals surface area contributed by atoms with Crippen molar-refractivity contribution in [1.29, 1.82) is 0 Å². The standard InChI is InChI=1S/C28H38O5/c1-2-3-4-5-6-7-8-9-10-11-12-13-14-15-16-17-21-18-26-27(28(31)32-21)22-19-23(29)24(30)20-25(22)33-26/h9-10,18-20,29-30H,2-8,11-17H2,1H3. The Kier molecular flexibility index (Phi) is 9.92. The molecule has 0 radical (unpaired) electrons. The van der Waals surface area contributed by atoms with Crippen LogP contribution >= 0.6 is 0 Å². The highest BCUT2D eigenvalue weighted by atomic mass is 16.4. The van der Waals surface area contributed by atoms with E-state index in [2.05, 4.69) is 19.1 Å². The Bertz CT molecular complexity index is 1090. The molecule has 2 heterocycles. The fraction of sp³-hybridized carbons (Fsp3) is 0.536. The van der Waals surface area contributed by atoms with Gasteiger partial charge in [0.1, 0.15) is 22.3 Å². The third-order valence-electron chi connectivity index (χ3n) is 6.22. The molecule has 0 saturated carbocycles. The summed E-state index contributed by atoms with van der Waals surface area (Å²) < 4.78 is 11.2. The SMILES string of the molecule is CCCCCCCCC=CCCCCCCCc1cc2oc3cc(O)c(O)cc3c2c(=O)o1. The van der Waals surface area contributed by atoms with Crippen molar-refractivity contribution >= 4 is 21.9 Å². The van der Waals surface area contributed by atoms with Gasteiger partial charge in [0, 0.05) is 23.9 Å². The van der Waals surface area contributed by atoms with Crippen molar-refractivity contribution in [2.45, 2.75) is 96.8 Å². The number of aryl methyl sites for hydroxylation is 1. The van der Waals surface area contributed by atoms with E-state index in [0.717, 1.165) is 12.8 Å². The number of unbranched alkanes of at least 4 members (excludes halogenated alkanes) is 11. The average Bonchev–Trinajstić information content (AvgIpc) is 3.14. The predicted molar refractivity (Wildman–Crippen MR) is 134 cm³/mol. The minimum atomic E-state index is -0.473. The van der Waals surface area contributed by atoms with Crippen LogP contribution < -0.4 is 5.63 Å². The lowest BCUT2D eigenvalue weighted by Crippen LogP contribution is -2.01. The van der Waals surface area contributed by atoms with E-state index in [1.54, 1.807) is 6.07 Å². The van der Waals surface area contributed by atoms with Crippen LogP contribution in [0.5, 0.6) is 11.5 Å². The van der Waals surface area contributed by atoms with Gasteiger partial charge in [-0.15, -0.1) is 0 Å². The maximum atomic E-state index is 12.5. The van der Waals surface area contributed by atoms with Gasteiger partial charge in [0.05, 0.1) is 0 Å². The third kappa shape index (κ3) is 7.41. The normalized spacial score (nSPS) is 11.9. The van der Waals surface area contributed by atoms with Crippen molar-refractivity contribution in [3.05, 3.63) is 46.5 Å². The summed E-state index contributed by atoms with van der Waals surface area (Å²) in [6.07, 6.45) is 21.6. The summed E-state index contributed by atoms with van der Waals surface area (Å²) in [5.41, 5.74) is 0.304. The molecule has 0 aliphatic carbocycles. The Morgan fingerprint density at radius 3 is 2.03 bits per heavy atom. The molecule has 33 heavy (non-hydrogen) atoms. The average molecular weight is 455 g/mol. The van der Waals surface area contributed by atoms with Crippen molar-refractivity contribution in [3.8, 4) is 11.5 Å². The number of phenols is 2. The molecule has 0 unspecified atom stereocenters. The van der Waals surface area contributed by atoms with Gasteiger partial charge < -0.3 is 19.0 Å². The number of hydrogen-bond acceptors (Lipinski definition) is 5. The van der Waals surface area contributed by atoms with Crippen molar-refractivity contribution in [3.63, 3.8) is 0 Å². The van der Waals surface area contributed by atoms with Crippen LogP contribution in [-0.4, -0.2) is 10.2 Å². The molecular formula is C28H38O5. The molecule has 2 aromatic heterocycles. The van der Waals surface area contributed by atoms with E-state index in [4.69, 9.17) is 8.83 Å². The number of furan rings is 1. The van der Waals surface area contributed by atoms with Gasteiger partial charge >= 0.3 is 5.63 Å². The first kappa shape index (κ1) is 24.9. The maximum absolute atomic E-state index is 12.5. The number of phenolic OH excluding ortho intramolecular Hbond substituents is 2. The van der Waals surface area contributed by atoms with E-state index in [0.29, 0.717) is 34.1 Å². The van der Waals surface area contributed by atoms with Crippen molar-refractivity contribution in [2.24, 2.45) is 0 Å². The first-order valence-corrected chi connectivity index (χ1v) is 12.7. The van der Waals surface area contributed by atoms with Gasteiger partial charge in [-0.3, -0.25) is 0 Å². The molecule has 3 aromatic rings. The summed E-state index contributed by atoms with van der Waals surface area (Å²) in [6.45, 7) is 2.26. The van der Waals surface area contributed by atoms with E-state index in [1.165, 1.54) is 82.8 Å². The number of aromatic hydroxyl groups is 2. The fourth-order valence-corrected chi connectivity index (χ4v) is 4.29. The van der Waals surface area contributed by atoms with Crippen LogP contribution in [0, 0.1) is 0 Å². The topological polar surface area (TPSA) is 83.8 Å². The Hall–Kier alpha value is -2.69. The lowest BCUT2D eigenvalue weighted by atomic mass is 10.1. The number of benzene rings is 1. The van der Waals surface area contributed by atoms with Crippen molar-refractivity contribution in [2.75, 3.05) is 0 Å². The number of hydrogen-bond donors (Lipinski definition) is 2. The Morgan fingerprint density at radius 2 is 1.33 bits per heavy atom. The van der Waals surface area contributed by atoms with E-state index >= 15 is 0 Å². The number of allylic oxidation sites excluding steroid dienone is 2. The number of rotatable bonds is 15. The molecule has 5 heteroatoms. The summed E-state index contributed by atoms with van der Waals surface area (Å²) >= 11 is 0. The van der Waals surface area contributed by atoms with Crippen LogP contribution in [0.15, 0.2) is 44.0 Å². The van der Waals surface area contributed by atoms with E-state index in [1.807, 2.05) is 0 Å². The van der Waals surface area contributed by atoms with Gasteiger partial charge in [-0.1, -0.05) is 70.4 Å². The minimum Gasteiger partial charge on any atom is -0.504 e. The molecule has 0 aliphatic rings. The molecule has 0 bridgehead atoms. The summed E-state index contributed by atoms with van der Waals surface area (Å²) in [4.78, 5) is 12.5. The fourth-order valence-electron chi connectivity index (χ4n) is 4.29. The first-order valence-electron chi connectivity index (χ1n) is 12.7. The molecule has 1 aromatic carbocycles. The van der Waals surface area contributed by atoms with Crippen LogP contribution in [-0.2, 0) is 6.42 Å². The zero-order chi connectivity index (χ0) is 23.5. The monoisotopic (exact) mass is 454 g/mol. The highest BCUT2D eigenvalue weighted by Crippen LogP contribution is 2.35. The summed E-state index contributed by atoms with van der Waals surface area (Å²) in [7, 11) is 0. The maximum Gasteiger partial charge on any atom is 0.347 e. The summed E-state index contributed by atoms with van der Waals surface area (Å²) in [5, 5.41) is 20.1. The van der Waals surface area contributed by atoms with Crippen LogP contribution in [0.25, 0.3) is 21.9 Å². The van der Waals surface area contributed by atoms with Gasteiger partial charge in [-0.2, -0.15) is 0 Å². The largest absolute Gasteiger partial charge is 0.504 e. The molecule has 0 fully saturated rings. The van der Waals surface area contributed by atoms with E-state index < -0.39 is 5.63 Å². The van der Waals surface area contributed by atoms with Crippen LogP contribution in [0.4, 0.5) is 0 Å². The van der Waals surface area contributed by atoms with Crippen LogP contribution in [0.3, 0.4) is 0 Å². The Morgan fingerprint density at radius 1 is 0.727 bits per heavy atom. The van der Waals surface area contributed by atoms with Crippen LogP contribution in [0.2, 0.25) is 0 Å². The summed E-state index contributed by atoms with van der Waals surface area (Å²) in [6, 6.07) is 4.39. The molecule has 0 aliphatic heterocycles. The third-order valence-corrected chi connectivity index (χ3v) is 6.22. The van der Waals surface area contributed by atoms with Crippen LogP contribution in [0.1, 0.15) is 96.2 Å². The Labute approximate surface area is 196 Å². The van der Waals surface area contributed by atoms with Gasteiger partial charge in [0.2, 0.25) is 0 Å². The molecule has 180 valence electrons. The van der Waals surface area contributed by atoms with E-state index in [9.17, 15) is 15.0 Å². The molecule has 0 spiro atoms. The molecule has 3 rings (SSSR count). The van der Waals surface area contributed by atoms with Crippen molar-refractivity contribution < 1.29 is 19.0 Å². The lowest BCUT2D eigenvalue weighted by molar-refractivity contribution is 0.404. The van der Waals surface area contributed by atoms with Gasteiger partial charge in [-0.25, -0.2) is 4.79 Å². The second kappa shape index (κ2) is 13.1. The van der Waals surface area contributed by atoms with E-state index in [-0.39, 0.29) is 11.5 Å². The van der Waals surface area contributed by atoms with Gasteiger partial charge in [0.15, 0.2) is 11.5 Å². The highest BCUT2D eigenvalue weighted by Gasteiger charge is 2.16. The molecule has 5 nitrogen and oxygen atoms in total. The predicted octanol–water partition coefficient (Wildman–Crippen LogP) is 8.14.